The molecule has 11 nitrogen and oxygen atoms in total. The Bertz CT molecular complexity index is 4490. The third-order valence-electron chi connectivity index (χ3n) is 21.8. The first-order valence-corrected chi connectivity index (χ1v) is 45.6. The van der Waals surface area contributed by atoms with Crippen molar-refractivity contribution in [3.8, 4) is 0 Å². The van der Waals surface area contributed by atoms with Gasteiger partial charge >= 0.3 is 0 Å². The minimum Gasteiger partial charge on any atom is -0.443 e. The van der Waals surface area contributed by atoms with Gasteiger partial charge in [0.1, 0.15) is 11.0 Å². The Labute approximate surface area is 664 Å². The van der Waals surface area contributed by atoms with Gasteiger partial charge in [-0.05, 0) is 185 Å². The van der Waals surface area contributed by atoms with E-state index >= 15 is 0 Å². The second-order valence-electron chi connectivity index (χ2n) is 35.3. The molecule has 0 aliphatic carbocycles. The van der Waals surface area contributed by atoms with Crippen LogP contribution >= 0.6 is 22.9 Å². The molecule has 14 heteroatoms. The fourth-order valence-corrected chi connectivity index (χ4v) is 20.8. The zero-order valence-corrected chi connectivity index (χ0v) is 75.3. The van der Waals surface area contributed by atoms with E-state index in [0.717, 1.165) is 27.6 Å². The summed E-state index contributed by atoms with van der Waals surface area (Å²) in [5, 5.41) is 16.7. The molecule has 0 N–H and O–H groups in total. The lowest BCUT2D eigenvalue weighted by molar-refractivity contribution is 0.453. The Morgan fingerprint density at radius 3 is 1.29 bits per heavy atom. The first-order valence-electron chi connectivity index (χ1n) is 40.7. The zero-order valence-electron chi connectivity index (χ0n) is 72.6. The van der Waals surface area contributed by atoms with Crippen molar-refractivity contribution in [2.75, 3.05) is 0 Å². The Hall–Kier alpha value is -7.65. The number of aryl methyl sites for hydroxylation is 2. The highest BCUT2D eigenvalue weighted by atomic mass is 32.1. The molecule has 1 aliphatic rings. The summed E-state index contributed by atoms with van der Waals surface area (Å²) >= 11 is 3.39. The lowest BCUT2D eigenvalue weighted by Gasteiger charge is -2.24. The molecule has 7 heterocycles. The molecule has 6 aromatic heterocycles. The number of aromatic nitrogens is 9. The summed E-state index contributed by atoms with van der Waals surface area (Å²) in [5.41, 5.74) is 31.8. The maximum atomic E-state index is 5.49. The predicted molar refractivity (Wildman–Crippen MR) is 476 cm³/mol. The second kappa shape index (κ2) is 37.6. The van der Waals surface area contributed by atoms with Crippen LogP contribution in [0.3, 0.4) is 0 Å². The molecule has 7 aromatic carbocycles. The van der Waals surface area contributed by atoms with Crippen molar-refractivity contribution < 1.29 is 8.94 Å². The van der Waals surface area contributed by atoms with E-state index in [9.17, 15) is 0 Å². The third-order valence-corrected chi connectivity index (χ3v) is 26.9. The normalized spacial score (nSPS) is 12.8. The van der Waals surface area contributed by atoms with Gasteiger partial charge in [0, 0.05) is 36.6 Å². The molecule has 0 spiro atoms. The Morgan fingerprint density at radius 2 is 0.780 bits per heavy atom. The molecule has 0 radical (unpaired) electrons. The van der Waals surface area contributed by atoms with E-state index in [1.54, 1.807) is 51.1 Å². The number of hydrogen-bond acceptors (Lipinski definition) is 11. The topological polar surface area (TPSA) is 126 Å². The summed E-state index contributed by atoms with van der Waals surface area (Å²) in [6, 6.07) is 32.9. The van der Waals surface area contributed by atoms with E-state index in [-0.39, 0.29) is 0 Å². The number of imidazole rings is 1. The molecule has 13 aromatic rings. The average molecular weight is 1530 g/mol. The molecule has 1 aliphatic heterocycles. The van der Waals surface area contributed by atoms with Crippen LogP contribution in [0.4, 0.5) is 0 Å². The van der Waals surface area contributed by atoms with Gasteiger partial charge in [0.15, 0.2) is 17.6 Å². The average Bonchev–Trinajstić information content (AvgIpc) is 1.62. The van der Waals surface area contributed by atoms with Gasteiger partial charge in [0.2, 0.25) is 0 Å². The van der Waals surface area contributed by atoms with E-state index in [4.69, 9.17) is 8.94 Å². The second-order valence-corrected chi connectivity index (χ2v) is 41.7. The molecule has 14 rings (SSSR count). The van der Waals surface area contributed by atoms with Gasteiger partial charge in [-0.3, -0.25) is 0 Å². The van der Waals surface area contributed by atoms with Crippen molar-refractivity contribution in [3.05, 3.63) is 199 Å². The van der Waals surface area contributed by atoms with Crippen LogP contribution < -0.4 is 5.19 Å². The van der Waals surface area contributed by atoms with Gasteiger partial charge in [-0.15, -0.1) is 16.4 Å². The Morgan fingerprint density at radius 1 is 0.376 bits per heavy atom. The van der Waals surface area contributed by atoms with Gasteiger partial charge < -0.3 is 13.5 Å². The first-order chi connectivity index (χ1) is 51.3. The fraction of sp³-hybridized carbons (Fsp3) is 0.505. The summed E-state index contributed by atoms with van der Waals surface area (Å²) in [4.78, 5) is 13.4. The van der Waals surface area contributed by atoms with Crippen molar-refractivity contribution >= 4 is 101 Å². The van der Waals surface area contributed by atoms with Crippen LogP contribution in [-0.4, -0.2) is 52.1 Å². The lowest BCUT2D eigenvalue weighted by Crippen LogP contribution is -2.41. The van der Waals surface area contributed by atoms with Crippen molar-refractivity contribution in [3.63, 3.8) is 0 Å². The molecular weight excluding hydrogens is 1390 g/mol. The summed E-state index contributed by atoms with van der Waals surface area (Å²) in [7, 11) is 2.89. The van der Waals surface area contributed by atoms with Gasteiger partial charge in [-0.1, -0.05) is 307 Å². The number of fused-ring (bicyclic) bond motifs is 7. The number of hydrogen-bond donors (Lipinski definition) is 0. The lowest BCUT2D eigenvalue weighted by atomic mass is 9.91. The fourth-order valence-electron chi connectivity index (χ4n) is 15.5. The standard InChI is InChI=1S/C16H26Si.C14H20N2.C13H19N3.2C13H17NO.2C13H17NS/c1-11(2)13-7-8-14(12(3)4)16-15(13)9-10-17(16,5)6;1-9(2)11-6-7-12(10(3)4)14-13(11)15-8-16(14)5;1-8(2)10-6-7-11(9(3)4)13-12(10)14-15-16(13)5;1-8(2)10-5-6-11(9(3)4)13-12(10)14-7-15-13;1-8(2)10-5-6-11(9(3)4)13-12(10)7-14-15-13;1-8(2)10-5-6-11(9(3)4)13-12(10)14-7-15-13;1-8(2)10-5-6-11(9(3)4)13-12(10)7-14-15-13/h7-8,11-12H,9-10H2,1-6H3;6-10H,1-5H3;6-9H,1-5H3;4*5-9H,1-4H3. The van der Waals surface area contributed by atoms with Gasteiger partial charge in [-0.25, -0.2) is 19.6 Å². The Kier molecular flexibility index (Phi) is 30.0. The monoisotopic (exact) mass is 1520 g/mol. The highest BCUT2D eigenvalue weighted by molar-refractivity contribution is 7.17. The summed E-state index contributed by atoms with van der Waals surface area (Å²) in [5.74, 6) is 7.63. The van der Waals surface area contributed by atoms with Crippen LogP contribution in [0.2, 0.25) is 19.1 Å². The predicted octanol–water partition coefficient (Wildman–Crippen LogP) is 28.7. The van der Waals surface area contributed by atoms with E-state index in [1.807, 2.05) is 36.0 Å². The summed E-state index contributed by atoms with van der Waals surface area (Å²) in [6.07, 6.45) is 8.64. The zero-order chi connectivity index (χ0) is 80.5. The van der Waals surface area contributed by atoms with E-state index in [0.29, 0.717) is 82.9 Å². The van der Waals surface area contributed by atoms with Gasteiger partial charge in [-0.2, -0.15) is 4.37 Å². The number of nitrogens with zero attached hydrogens (tertiary/aromatic N) is 9. The van der Waals surface area contributed by atoms with Crippen molar-refractivity contribution in [2.45, 2.75) is 302 Å². The molecular formula is C95H133N9O2S2Si. The van der Waals surface area contributed by atoms with E-state index in [1.165, 1.54) is 116 Å². The van der Waals surface area contributed by atoms with E-state index in [2.05, 4.69) is 338 Å². The van der Waals surface area contributed by atoms with Crippen LogP contribution in [0.25, 0.3) is 64.4 Å². The van der Waals surface area contributed by atoms with Gasteiger partial charge in [0.05, 0.1) is 57.6 Å². The molecule has 0 saturated heterocycles. The number of rotatable bonds is 14. The minimum atomic E-state index is -1.15. The molecule has 0 atom stereocenters. The molecule has 109 heavy (non-hydrogen) atoms. The van der Waals surface area contributed by atoms with Crippen LogP contribution in [0.5, 0.6) is 0 Å². The molecule has 0 saturated carbocycles. The summed E-state index contributed by atoms with van der Waals surface area (Å²) < 4.78 is 21.9. The largest absolute Gasteiger partial charge is 0.443 e. The smallest absolute Gasteiger partial charge is 0.182 e. The number of oxazole rings is 1. The Balaban J connectivity index is 0.000000160. The maximum absolute atomic E-state index is 5.49. The van der Waals surface area contributed by atoms with Crippen LogP contribution in [0, 0.1) is 0 Å². The van der Waals surface area contributed by atoms with Crippen molar-refractivity contribution in [2.24, 2.45) is 14.1 Å². The number of benzene rings is 7. The quantitative estimate of drug-likeness (QED) is 0.0978. The van der Waals surface area contributed by atoms with Crippen molar-refractivity contribution in [1.29, 1.82) is 0 Å². The van der Waals surface area contributed by atoms with E-state index < -0.39 is 8.07 Å². The number of thiazole rings is 1. The molecule has 0 fully saturated rings. The summed E-state index contributed by atoms with van der Waals surface area (Å²) in [6.45, 7) is 67.5. The molecule has 586 valence electrons. The highest BCUT2D eigenvalue weighted by Crippen LogP contribution is 2.39. The molecule has 0 amide bonds. The van der Waals surface area contributed by atoms with Crippen LogP contribution in [0.1, 0.15) is 360 Å². The minimum absolute atomic E-state index is 0.474. The molecule has 0 bridgehead atoms. The molecule has 0 unspecified atom stereocenters. The first kappa shape index (κ1) is 86.9. The van der Waals surface area contributed by atoms with Gasteiger partial charge in [0.25, 0.3) is 0 Å². The van der Waals surface area contributed by atoms with Crippen molar-refractivity contribution in [1.82, 2.24) is 44.0 Å². The third kappa shape index (κ3) is 19.8. The maximum Gasteiger partial charge on any atom is 0.182 e. The SMILES string of the molecule is CC(C)c1ccc(C(C)C)c2c1CC[Si]2(C)C.CC(C)c1ccc(C(C)C)c2c1ncn2C.CC(C)c1ccc(C(C)C)c2c1nnn2C.CC(C)c1ccc(C(C)C)c2ocnc12.CC(C)c1ccc(C(C)C)c2oncc12.CC(C)c1ccc(C(C)C)c2scnc12.CC(C)c1ccc(C(C)C)c2sncc12. The highest BCUT2D eigenvalue weighted by Gasteiger charge is 2.36. The van der Waals surface area contributed by atoms with Crippen LogP contribution in [-0.2, 0) is 20.5 Å². The van der Waals surface area contributed by atoms with Crippen LogP contribution in [0.15, 0.2) is 124 Å².